The van der Waals surface area contributed by atoms with Gasteiger partial charge in [0.05, 0.1) is 0 Å². The zero-order valence-electron chi connectivity index (χ0n) is 7.05. The topological polar surface area (TPSA) is 28.6 Å². The maximum atomic E-state index is 3.17. The van der Waals surface area contributed by atoms with Gasteiger partial charge in [0, 0.05) is 0 Å². The molecule has 2 aliphatic rings. The van der Waals surface area contributed by atoms with Gasteiger partial charge in [-0.15, -0.1) is 0 Å². The van der Waals surface area contributed by atoms with Crippen molar-refractivity contribution in [3.05, 3.63) is 22.9 Å². The fourth-order valence-corrected chi connectivity index (χ4v) is 2.60. The van der Waals surface area contributed by atoms with Gasteiger partial charge in [-0.3, -0.25) is 0 Å². The second-order valence-electron chi connectivity index (χ2n) is 3.59. The molecule has 2 nitrogen and oxygen atoms in total. The second-order valence-corrected chi connectivity index (χ2v) is 4.51. The predicted octanol–water partition coefficient (Wildman–Crippen LogP) is -0.543. The quantitative estimate of drug-likeness (QED) is 0.536. The fraction of sp³-hybridized carbons (Fsp3) is 0.556. The van der Waals surface area contributed by atoms with Gasteiger partial charge >= 0.3 is 80.9 Å². The van der Waals surface area contributed by atoms with Crippen LogP contribution in [-0.2, 0) is 0 Å². The molecule has 1 saturated heterocycles. The second kappa shape index (κ2) is 3.25. The van der Waals surface area contributed by atoms with Crippen LogP contribution in [0.2, 0.25) is 0 Å². The molecule has 66 valence electrons. The van der Waals surface area contributed by atoms with E-state index < -0.39 is 0 Å². The van der Waals surface area contributed by atoms with Crippen molar-refractivity contribution in [1.82, 2.24) is 5.32 Å². The molecule has 2 heterocycles. The Hall–Kier alpha value is -0.241. The molecule has 0 aromatic heterocycles. The Morgan fingerprint density at radius 3 is 2.83 bits per heavy atom. The summed E-state index contributed by atoms with van der Waals surface area (Å²) in [5.41, 5.74) is 0.362. The third-order valence-corrected chi connectivity index (χ3v) is 3.18. The van der Waals surface area contributed by atoms with E-state index in [4.69, 9.17) is 0 Å². The van der Waals surface area contributed by atoms with Gasteiger partial charge < -0.3 is 0 Å². The van der Waals surface area contributed by atoms with Crippen molar-refractivity contribution in [3.8, 4) is 0 Å². The van der Waals surface area contributed by atoms with E-state index in [2.05, 4.69) is 45.0 Å². The molecule has 0 saturated carbocycles. The molecule has 0 unspecified atom stereocenters. The molecule has 3 heteroatoms. The van der Waals surface area contributed by atoms with Gasteiger partial charge in [-0.2, -0.15) is 0 Å². The number of hydrogen-bond acceptors (Lipinski definition) is 1. The molecule has 0 amide bonds. The van der Waals surface area contributed by atoms with E-state index in [1.54, 1.807) is 0 Å². The monoisotopic (exact) mass is 230 g/mol. The Bertz CT molecular complexity index is 227. The number of nitrogens with two attached hydrogens (primary N) is 1. The Morgan fingerprint density at radius 1 is 1.42 bits per heavy atom. The first-order valence-corrected chi connectivity index (χ1v) is 5.32. The summed E-state index contributed by atoms with van der Waals surface area (Å²) >= 11 is 3.04. The average Bonchev–Trinajstić information content (AvgIpc) is 2.05. The van der Waals surface area contributed by atoms with E-state index in [0.717, 1.165) is 0 Å². The number of rotatable bonds is 0. The minimum absolute atomic E-state index is 0.362. The summed E-state index contributed by atoms with van der Waals surface area (Å²) < 4.78 is 1.18. The number of piperidine rings is 1. The molecule has 0 bridgehead atoms. The first-order valence-electron chi connectivity index (χ1n) is 4.47. The van der Waals surface area contributed by atoms with Crippen LogP contribution in [0.3, 0.4) is 0 Å². The number of allylic oxidation sites excluding steroid dienone is 2. The van der Waals surface area contributed by atoms with Crippen molar-refractivity contribution in [1.29, 1.82) is 0 Å². The van der Waals surface area contributed by atoms with E-state index in [-0.39, 0.29) is 0 Å². The standard InChI is InChI=1S/C9H14N2Se/c12-8-7-9(3-6-11-8)1-4-10-5-2-9/h3,6-7,10-12H,1-2,4-5H2. The predicted molar refractivity (Wildman–Crippen MR) is 49.4 cm³/mol. The normalized spacial score (nSPS) is 26.5. The summed E-state index contributed by atoms with van der Waals surface area (Å²) in [7, 11) is 0. The van der Waals surface area contributed by atoms with Crippen LogP contribution in [0.25, 0.3) is 0 Å². The molecule has 1 fully saturated rings. The van der Waals surface area contributed by atoms with Gasteiger partial charge in [0.15, 0.2) is 0 Å². The first kappa shape index (κ1) is 8.36. The van der Waals surface area contributed by atoms with E-state index >= 15 is 0 Å². The molecule has 0 aliphatic carbocycles. The van der Waals surface area contributed by atoms with Crippen LogP contribution in [0.4, 0.5) is 0 Å². The van der Waals surface area contributed by atoms with E-state index in [0.29, 0.717) is 5.41 Å². The zero-order chi connectivity index (χ0) is 8.44. The molecule has 3 N–H and O–H groups in total. The van der Waals surface area contributed by atoms with Crippen molar-refractivity contribution in [3.63, 3.8) is 0 Å². The van der Waals surface area contributed by atoms with Gasteiger partial charge in [-0.1, -0.05) is 0 Å². The molecule has 2 rings (SSSR count). The zero-order valence-corrected chi connectivity index (χ0v) is 8.76. The Morgan fingerprint density at radius 2 is 2.17 bits per heavy atom. The molecule has 2 aliphatic heterocycles. The summed E-state index contributed by atoms with van der Waals surface area (Å²) in [6.07, 6.45) is 9.25. The molecule has 0 radical (unpaired) electrons. The Kier molecular flexibility index (Phi) is 2.26. The average molecular weight is 229 g/mol. The summed E-state index contributed by atoms with van der Waals surface area (Å²) in [6.45, 7) is 2.52. The van der Waals surface area contributed by atoms with Crippen LogP contribution in [0, 0.1) is 5.41 Å². The molecule has 0 aromatic carbocycles. The third kappa shape index (κ3) is 1.58. The van der Waals surface area contributed by atoms with E-state index in [1.165, 1.54) is 30.5 Å². The van der Waals surface area contributed by atoms with Crippen molar-refractivity contribution < 1.29 is 5.32 Å². The molecule has 12 heavy (non-hydrogen) atoms. The van der Waals surface area contributed by atoms with Crippen molar-refractivity contribution in [2.45, 2.75) is 12.8 Å². The van der Waals surface area contributed by atoms with Gasteiger partial charge in [-0.05, 0) is 0 Å². The summed E-state index contributed by atoms with van der Waals surface area (Å²) in [6, 6.07) is 0. The maximum absolute atomic E-state index is 3.17. The molecular formula is C9H14N2Se. The van der Waals surface area contributed by atoms with Gasteiger partial charge in [0.25, 0.3) is 0 Å². The summed E-state index contributed by atoms with van der Waals surface area (Å²) in [5.74, 6) is 0. The number of dihydropyridines is 1. The van der Waals surface area contributed by atoms with Crippen LogP contribution in [0.5, 0.6) is 0 Å². The van der Waals surface area contributed by atoms with Crippen LogP contribution in [-0.4, -0.2) is 29.1 Å². The third-order valence-electron chi connectivity index (χ3n) is 2.69. The molecule has 1 spiro atoms. The van der Waals surface area contributed by atoms with Gasteiger partial charge in [0.1, 0.15) is 0 Å². The number of hydrogen-bond donors (Lipinski definition) is 2. The fourth-order valence-electron chi connectivity index (χ4n) is 1.96. The van der Waals surface area contributed by atoms with Crippen molar-refractivity contribution in [2.75, 3.05) is 13.1 Å². The van der Waals surface area contributed by atoms with Crippen molar-refractivity contribution >= 4 is 16.0 Å². The van der Waals surface area contributed by atoms with Crippen LogP contribution < -0.4 is 10.6 Å². The summed E-state index contributed by atoms with van der Waals surface area (Å²) in [5, 5.41) is 5.57. The summed E-state index contributed by atoms with van der Waals surface area (Å²) in [4.78, 5) is 0. The Labute approximate surface area is 81.3 Å². The first-order chi connectivity index (χ1) is 5.81. The van der Waals surface area contributed by atoms with E-state index in [9.17, 15) is 0 Å². The number of quaternary nitrogens is 1. The van der Waals surface area contributed by atoms with Crippen molar-refractivity contribution in [2.24, 2.45) is 5.41 Å². The molecule has 0 aromatic rings. The van der Waals surface area contributed by atoms with Gasteiger partial charge in [-0.25, -0.2) is 0 Å². The number of nitrogens with one attached hydrogen (secondary N) is 1. The minimum atomic E-state index is 0.362. The van der Waals surface area contributed by atoms with Crippen LogP contribution >= 0.6 is 0 Å². The van der Waals surface area contributed by atoms with Crippen LogP contribution in [0.1, 0.15) is 12.8 Å². The Balaban J connectivity index is 2.17. The van der Waals surface area contributed by atoms with Crippen LogP contribution in [0.15, 0.2) is 22.9 Å². The molecule has 0 atom stereocenters. The van der Waals surface area contributed by atoms with Gasteiger partial charge in [0.2, 0.25) is 0 Å². The molecular weight excluding hydrogens is 215 g/mol. The van der Waals surface area contributed by atoms with E-state index in [1.807, 2.05) is 0 Å². The SMILES string of the molecule is [Se-]C1=CC2(C=CN1)CC[NH2+]CC2.